The van der Waals surface area contributed by atoms with Crippen LogP contribution >= 0.6 is 0 Å². The maximum atomic E-state index is 12.5. The molecule has 0 spiro atoms. The van der Waals surface area contributed by atoms with Crippen LogP contribution in [0.5, 0.6) is 5.75 Å². The Hall–Kier alpha value is -3.23. The van der Waals surface area contributed by atoms with Gasteiger partial charge in [-0.25, -0.2) is 9.78 Å². The zero-order chi connectivity index (χ0) is 24.7. The van der Waals surface area contributed by atoms with E-state index in [4.69, 9.17) is 9.72 Å². The second-order valence-electron chi connectivity index (χ2n) is 9.76. The van der Waals surface area contributed by atoms with Crippen molar-refractivity contribution in [1.29, 1.82) is 0 Å². The Kier molecular flexibility index (Phi) is 6.22. The molecule has 1 aromatic heterocycles. The molecule has 34 heavy (non-hydrogen) atoms. The molecule has 1 fully saturated rings. The first kappa shape index (κ1) is 23.9. The van der Waals surface area contributed by atoms with Gasteiger partial charge >= 0.3 is 12.3 Å². The monoisotopic (exact) mass is 475 g/mol. The number of benzene rings is 2. The van der Waals surface area contributed by atoms with Crippen LogP contribution in [0.25, 0.3) is 11.0 Å². The minimum atomic E-state index is -4.75. The van der Waals surface area contributed by atoms with E-state index in [-0.39, 0.29) is 17.2 Å². The van der Waals surface area contributed by atoms with E-state index in [1.165, 1.54) is 31.4 Å². The molecule has 0 aliphatic heterocycles. The van der Waals surface area contributed by atoms with Crippen LogP contribution in [0.2, 0.25) is 0 Å². The third-order valence-corrected chi connectivity index (χ3v) is 6.18. The zero-order valence-corrected chi connectivity index (χ0v) is 19.6. The van der Waals surface area contributed by atoms with E-state index in [0.29, 0.717) is 28.6 Å². The normalized spacial score (nSPS) is 20.2. The molecule has 4 rings (SSSR count). The van der Waals surface area contributed by atoms with E-state index in [0.717, 1.165) is 24.8 Å². The number of esters is 1. The third-order valence-electron chi connectivity index (χ3n) is 6.18. The summed E-state index contributed by atoms with van der Waals surface area (Å²) in [6, 6.07) is 10.9. The number of methoxy groups -OCH3 is 1. The number of fused-ring (bicyclic) bond motifs is 1. The molecular formula is C25H28F3N3O3. The van der Waals surface area contributed by atoms with Crippen molar-refractivity contribution in [3.05, 3.63) is 48.0 Å². The van der Waals surface area contributed by atoms with Crippen molar-refractivity contribution < 1.29 is 27.4 Å². The minimum absolute atomic E-state index is 0.131. The molecule has 3 aromatic rings. The first-order valence-corrected chi connectivity index (χ1v) is 11.2. The number of carbonyl (C=O) groups is 1. The van der Waals surface area contributed by atoms with Gasteiger partial charge in [0.15, 0.2) is 0 Å². The Balaban J connectivity index is 1.75. The molecule has 0 unspecified atom stereocenters. The molecule has 0 amide bonds. The number of nitrogens with one attached hydrogen (secondary N) is 1. The molecule has 2 aromatic carbocycles. The topological polar surface area (TPSA) is 65.4 Å². The summed E-state index contributed by atoms with van der Waals surface area (Å²) in [4.78, 5) is 16.9. The summed E-state index contributed by atoms with van der Waals surface area (Å²) < 4.78 is 48.4. The minimum Gasteiger partial charge on any atom is -0.465 e. The number of halogens is 3. The predicted molar refractivity (Wildman–Crippen MR) is 123 cm³/mol. The molecule has 2 atom stereocenters. The van der Waals surface area contributed by atoms with Gasteiger partial charge in [-0.1, -0.05) is 20.8 Å². The Morgan fingerprint density at radius 3 is 2.47 bits per heavy atom. The number of carbonyl (C=O) groups excluding carboxylic acids is 1. The van der Waals surface area contributed by atoms with Crippen molar-refractivity contribution in [3.63, 3.8) is 0 Å². The number of anilines is 2. The lowest BCUT2D eigenvalue weighted by Crippen LogP contribution is -2.29. The Labute approximate surface area is 196 Å². The molecular weight excluding hydrogens is 447 g/mol. The second-order valence-corrected chi connectivity index (χ2v) is 9.76. The predicted octanol–water partition coefficient (Wildman–Crippen LogP) is 6.85. The number of nitrogens with zero attached hydrogens (tertiary/aromatic N) is 2. The fourth-order valence-electron chi connectivity index (χ4n) is 5.16. The summed E-state index contributed by atoms with van der Waals surface area (Å²) >= 11 is 0. The summed E-state index contributed by atoms with van der Waals surface area (Å²) in [5, 5.41) is 3.25. The van der Waals surface area contributed by atoms with E-state index in [2.05, 4.69) is 35.4 Å². The van der Waals surface area contributed by atoms with E-state index >= 15 is 0 Å². The number of hydrogen-bond donors (Lipinski definition) is 1. The van der Waals surface area contributed by atoms with E-state index < -0.39 is 12.3 Å². The summed E-state index contributed by atoms with van der Waals surface area (Å²) in [6.07, 6.45) is -1.75. The lowest BCUT2D eigenvalue weighted by Gasteiger charge is -2.40. The van der Waals surface area contributed by atoms with Gasteiger partial charge in [-0.3, -0.25) is 0 Å². The highest BCUT2D eigenvalue weighted by Crippen LogP contribution is 2.46. The van der Waals surface area contributed by atoms with E-state index in [9.17, 15) is 18.0 Å². The number of imidazole rings is 1. The molecule has 0 radical (unpaired) electrons. The fraction of sp³-hybridized carbons (Fsp3) is 0.440. The van der Waals surface area contributed by atoms with Gasteiger partial charge in [0.05, 0.1) is 23.7 Å². The molecule has 0 saturated heterocycles. The van der Waals surface area contributed by atoms with E-state index in [1.807, 2.05) is 0 Å². The average Bonchev–Trinajstić information content (AvgIpc) is 3.09. The average molecular weight is 476 g/mol. The molecule has 0 bridgehead atoms. The number of ether oxygens (including phenoxy) is 2. The molecule has 1 heterocycles. The first-order valence-electron chi connectivity index (χ1n) is 11.2. The molecule has 1 aliphatic carbocycles. The van der Waals surface area contributed by atoms with Crippen LogP contribution in [0.4, 0.5) is 24.8 Å². The summed E-state index contributed by atoms with van der Waals surface area (Å²) in [7, 11) is 1.34. The SMILES string of the molecule is COC(=O)c1ccc2nc(Nc3ccc(OC(F)(F)F)cc3)n([C@H]3C[C@@H](C)CC(C)(C)C3)c2c1. The van der Waals surface area contributed by atoms with Crippen LogP contribution in [-0.2, 0) is 4.74 Å². The van der Waals surface area contributed by atoms with Gasteiger partial charge in [0.2, 0.25) is 5.95 Å². The molecule has 1 N–H and O–H groups in total. The summed E-state index contributed by atoms with van der Waals surface area (Å²) in [6.45, 7) is 6.74. The first-order chi connectivity index (χ1) is 15.9. The second kappa shape index (κ2) is 8.85. The zero-order valence-electron chi connectivity index (χ0n) is 19.6. The Morgan fingerprint density at radius 2 is 1.85 bits per heavy atom. The Morgan fingerprint density at radius 1 is 1.15 bits per heavy atom. The molecule has 9 heteroatoms. The maximum absolute atomic E-state index is 12.5. The maximum Gasteiger partial charge on any atom is 0.573 e. The van der Waals surface area contributed by atoms with Crippen LogP contribution in [0.15, 0.2) is 42.5 Å². The van der Waals surface area contributed by atoms with Crippen molar-refractivity contribution >= 4 is 28.6 Å². The van der Waals surface area contributed by atoms with Gasteiger partial charge in [-0.2, -0.15) is 0 Å². The molecule has 1 aliphatic rings. The number of rotatable bonds is 5. The molecule has 182 valence electrons. The van der Waals surface area contributed by atoms with Gasteiger partial charge in [-0.05, 0) is 73.1 Å². The lowest BCUT2D eigenvalue weighted by molar-refractivity contribution is -0.274. The highest BCUT2D eigenvalue weighted by molar-refractivity contribution is 5.94. The Bertz CT molecular complexity index is 1190. The van der Waals surface area contributed by atoms with Crippen molar-refractivity contribution in [2.24, 2.45) is 11.3 Å². The van der Waals surface area contributed by atoms with Crippen molar-refractivity contribution in [1.82, 2.24) is 9.55 Å². The largest absolute Gasteiger partial charge is 0.573 e. The fourth-order valence-corrected chi connectivity index (χ4v) is 5.16. The van der Waals surface area contributed by atoms with Gasteiger partial charge in [0.1, 0.15) is 5.75 Å². The van der Waals surface area contributed by atoms with Crippen molar-refractivity contribution in [3.8, 4) is 5.75 Å². The quantitative estimate of drug-likeness (QED) is 0.409. The van der Waals surface area contributed by atoms with Crippen LogP contribution in [0.3, 0.4) is 0 Å². The van der Waals surface area contributed by atoms with E-state index in [1.54, 1.807) is 18.2 Å². The van der Waals surface area contributed by atoms with Crippen molar-refractivity contribution in [2.75, 3.05) is 12.4 Å². The van der Waals surface area contributed by atoms with Gasteiger partial charge < -0.3 is 19.4 Å². The highest BCUT2D eigenvalue weighted by atomic mass is 19.4. The summed E-state index contributed by atoms with van der Waals surface area (Å²) in [5.41, 5.74) is 2.65. The van der Waals surface area contributed by atoms with Crippen molar-refractivity contribution in [2.45, 2.75) is 52.4 Å². The standard InChI is InChI=1S/C25H28F3N3O3/c1-15-11-18(14-24(2,3)13-15)31-21-12-16(22(32)33-4)5-10-20(21)30-23(31)29-17-6-8-19(9-7-17)34-25(26,27)28/h5-10,12,15,18H,11,13-14H2,1-4H3,(H,29,30)/t15-,18+/m1/s1. The molecule has 6 nitrogen and oxygen atoms in total. The number of aromatic nitrogens is 2. The van der Waals surface area contributed by atoms with Crippen LogP contribution in [-0.4, -0.2) is 29.0 Å². The third kappa shape index (κ3) is 5.29. The smallest absolute Gasteiger partial charge is 0.465 e. The van der Waals surface area contributed by atoms with Gasteiger partial charge in [0.25, 0.3) is 0 Å². The number of hydrogen-bond acceptors (Lipinski definition) is 5. The van der Waals surface area contributed by atoms with Gasteiger partial charge in [-0.15, -0.1) is 13.2 Å². The molecule has 1 saturated carbocycles. The summed E-state index contributed by atoms with van der Waals surface area (Å²) in [5.74, 6) is 0.344. The van der Waals surface area contributed by atoms with Crippen LogP contribution in [0.1, 0.15) is 56.4 Å². The lowest BCUT2D eigenvalue weighted by atomic mass is 9.70. The van der Waals surface area contributed by atoms with Crippen LogP contribution < -0.4 is 10.1 Å². The number of alkyl halides is 3. The highest BCUT2D eigenvalue weighted by Gasteiger charge is 2.35. The van der Waals surface area contributed by atoms with Gasteiger partial charge in [0, 0.05) is 11.7 Å². The van der Waals surface area contributed by atoms with Crippen LogP contribution in [0, 0.1) is 11.3 Å².